The van der Waals surface area contributed by atoms with Crippen LogP contribution in [0.1, 0.15) is 43.7 Å². The summed E-state index contributed by atoms with van der Waals surface area (Å²) in [5.74, 6) is 6.82. The van der Waals surface area contributed by atoms with Gasteiger partial charge < -0.3 is 10.3 Å². The van der Waals surface area contributed by atoms with Crippen molar-refractivity contribution in [1.82, 2.24) is 9.88 Å². The largest absolute Gasteiger partial charge is 0.338 e. The number of nitrogens with two attached hydrogens (primary N) is 1. The van der Waals surface area contributed by atoms with E-state index in [1.54, 1.807) is 12.1 Å². The highest BCUT2D eigenvalue weighted by molar-refractivity contribution is 5.95. The van der Waals surface area contributed by atoms with Crippen LogP contribution in [0.5, 0.6) is 0 Å². The number of hydrazine groups is 1. The Morgan fingerprint density at radius 1 is 1.25 bits per heavy atom. The lowest BCUT2D eigenvalue weighted by atomic mass is 10.1. The Bertz CT molecular complexity index is 447. The third-order valence-electron chi connectivity index (χ3n) is 2.81. The molecule has 0 fully saturated rings. The third kappa shape index (κ3) is 4.81. The molecule has 0 aromatic carbocycles. The van der Waals surface area contributed by atoms with Crippen molar-refractivity contribution in [2.45, 2.75) is 34.6 Å². The zero-order valence-corrected chi connectivity index (χ0v) is 13.1. The molecule has 0 bridgehead atoms. The van der Waals surface area contributed by atoms with Crippen LogP contribution in [0.15, 0.2) is 12.1 Å². The first-order valence-corrected chi connectivity index (χ1v) is 7.08. The molecule has 0 aliphatic heterocycles. The number of carbonyl (C=O) groups excluding carboxylic acids is 1. The Morgan fingerprint density at radius 2 is 1.80 bits per heavy atom. The summed E-state index contributed by atoms with van der Waals surface area (Å²) in [6.07, 6.45) is 0. The van der Waals surface area contributed by atoms with Gasteiger partial charge in [-0.15, -0.1) is 0 Å². The average Bonchev–Trinajstić information content (AvgIpc) is 2.35. The minimum absolute atomic E-state index is 0.0365. The molecule has 1 heterocycles. The van der Waals surface area contributed by atoms with Crippen LogP contribution in [0.2, 0.25) is 0 Å². The quantitative estimate of drug-likeness (QED) is 0.619. The molecule has 1 aromatic rings. The number of aryl methyl sites for hydroxylation is 1. The van der Waals surface area contributed by atoms with E-state index in [1.807, 2.05) is 11.8 Å². The molecule has 5 heteroatoms. The normalized spacial score (nSPS) is 11.0. The first kappa shape index (κ1) is 16.4. The van der Waals surface area contributed by atoms with Gasteiger partial charge in [0.2, 0.25) is 0 Å². The van der Waals surface area contributed by atoms with E-state index < -0.39 is 0 Å². The van der Waals surface area contributed by atoms with Gasteiger partial charge in [0, 0.05) is 24.3 Å². The van der Waals surface area contributed by atoms with Crippen LogP contribution in [-0.2, 0) is 0 Å². The topological polar surface area (TPSA) is 71.2 Å². The van der Waals surface area contributed by atoms with Crippen LogP contribution < -0.4 is 11.3 Å². The lowest BCUT2D eigenvalue weighted by molar-refractivity contribution is 0.0715. The predicted octanol–water partition coefficient (Wildman–Crippen LogP) is 2.43. The van der Waals surface area contributed by atoms with Crippen molar-refractivity contribution in [1.29, 1.82) is 0 Å². The fourth-order valence-electron chi connectivity index (χ4n) is 2.17. The summed E-state index contributed by atoms with van der Waals surface area (Å²) in [5, 5.41) is 0. The second-order valence-corrected chi connectivity index (χ2v) is 6.02. The van der Waals surface area contributed by atoms with Crippen molar-refractivity contribution < 1.29 is 4.79 Å². The number of hydrogen-bond acceptors (Lipinski definition) is 4. The van der Waals surface area contributed by atoms with Crippen molar-refractivity contribution >= 4 is 11.7 Å². The molecule has 0 radical (unpaired) electrons. The van der Waals surface area contributed by atoms with E-state index in [-0.39, 0.29) is 5.91 Å². The second kappa shape index (κ2) is 7.24. The minimum Gasteiger partial charge on any atom is -0.338 e. The van der Waals surface area contributed by atoms with Crippen LogP contribution >= 0.6 is 0 Å². The third-order valence-corrected chi connectivity index (χ3v) is 2.81. The van der Waals surface area contributed by atoms with E-state index in [4.69, 9.17) is 5.84 Å². The Labute approximate surface area is 121 Å². The van der Waals surface area contributed by atoms with Crippen LogP contribution in [0.25, 0.3) is 0 Å². The number of carbonyl (C=O) groups is 1. The molecule has 3 N–H and O–H groups in total. The van der Waals surface area contributed by atoms with Gasteiger partial charge in [0.1, 0.15) is 5.82 Å². The van der Waals surface area contributed by atoms with Gasteiger partial charge >= 0.3 is 0 Å². The number of nitrogens with zero attached hydrogens (tertiary/aromatic N) is 2. The maximum Gasteiger partial charge on any atom is 0.254 e. The summed E-state index contributed by atoms with van der Waals surface area (Å²) in [6.45, 7) is 11.8. The monoisotopic (exact) mass is 278 g/mol. The molecule has 0 unspecified atom stereocenters. The molecule has 0 atom stereocenters. The summed E-state index contributed by atoms with van der Waals surface area (Å²) in [6, 6.07) is 3.50. The van der Waals surface area contributed by atoms with Gasteiger partial charge in [-0.3, -0.25) is 4.79 Å². The smallest absolute Gasteiger partial charge is 0.254 e. The van der Waals surface area contributed by atoms with Gasteiger partial charge in [-0.1, -0.05) is 27.7 Å². The van der Waals surface area contributed by atoms with Gasteiger partial charge in [0.05, 0.1) is 0 Å². The zero-order valence-electron chi connectivity index (χ0n) is 13.1. The summed E-state index contributed by atoms with van der Waals surface area (Å²) in [4.78, 5) is 18.8. The summed E-state index contributed by atoms with van der Waals surface area (Å²) < 4.78 is 0. The van der Waals surface area contributed by atoms with Crippen molar-refractivity contribution in [3.8, 4) is 0 Å². The number of pyridine rings is 1. The van der Waals surface area contributed by atoms with E-state index in [2.05, 4.69) is 38.1 Å². The molecular formula is C15H26N4O. The Kier molecular flexibility index (Phi) is 5.95. The molecule has 0 saturated heterocycles. The fraction of sp³-hybridized carbons (Fsp3) is 0.600. The molecule has 1 amide bonds. The number of anilines is 1. The van der Waals surface area contributed by atoms with E-state index in [0.717, 1.165) is 18.8 Å². The zero-order chi connectivity index (χ0) is 15.3. The number of aromatic nitrogens is 1. The Morgan fingerprint density at radius 3 is 2.25 bits per heavy atom. The number of hydrogen-bond donors (Lipinski definition) is 2. The first-order valence-electron chi connectivity index (χ1n) is 7.08. The number of amides is 1. The molecule has 0 spiro atoms. The van der Waals surface area contributed by atoms with Crippen molar-refractivity contribution in [3.05, 3.63) is 23.4 Å². The molecule has 0 saturated carbocycles. The van der Waals surface area contributed by atoms with E-state index in [1.165, 1.54) is 0 Å². The highest BCUT2D eigenvalue weighted by Gasteiger charge is 2.19. The van der Waals surface area contributed by atoms with E-state index in [0.29, 0.717) is 23.2 Å². The number of rotatable bonds is 6. The maximum atomic E-state index is 12.7. The van der Waals surface area contributed by atoms with Crippen molar-refractivity contribution in [3.63, 3.8) is 0 Å². The predicted molar refractivity (Wildman–Crippen MR) is 82.4 cm³/mol. The minimum atomic E-state index is 0.0365. The maximum absolute atomic E-state index is 12.7. The van der Waals surface area contributed by atoms with Crippen molar-refractivity contribution in [2.75, 3.05) is 18.5 Å². The standard InChI is InChI=1S/C15H26N4O/c1-10(2)8-19(9-11(3)4)15(20)13-6-12(5)17-14(7-13)18-16/h6-7,10-11H,8-9,16H2,1-5H3,(H,17,18). The molecule has 20 heavy (non-hydrogen) atoms. The Hall–Kier alpha value is -1.62. The summed E-state index contributed by atoms with van der Waals surface area (Å²) in [7, 11) is 0. The SMILES string of the molecule is Cc1cc(C(=O)N(CC(C)C)CC(C)C)cc(NN)n1. The number of nitrogen functional groups attached to an aromatic ring is 1. The lowest BCUT2D eigenvalue weighted by Crippen LogP contribution is -2.37. The Balaban J connectivity index is 3.01. The van der Waals surface area contributed by atoms with Crippen LogP contribution in [-0.4, -0.2) is 28.9 Å². The highest BCUT2D eigenvalue weighted by atomic mass is 16.2. The van der Waals surface area contributed by atoms with Gasteiger partial charge in [0.25, 0.3) is 5.91 Å². The average molecular weight is 278 g/mol. The van der Waals surface area contributed by atoms with E-state index >= 15 is 0 Å². The van der Waals surface area contributed by atoms with Crippen LogP contribution in [0.4, 0.5) is 5.82 Å². The van der Waals surface area contributed by atoms with Gasteiger partial charge in [0.15, 0.2) is 0 Å². The first-order chi connectivity index (χ1) is 9.33. The molecular weight excluding hydrogens is 252 g/mol. The fourth-order valence-corrected chi connectivity index (χ4v) is 2.17. The highest BCUT2D eigenvalue weighted by Crippen LogP contribution is 2.14. The van der Waals surface area contributed by atoms with E-state index in [9.17, 15) is 4.79 Å². The van der Waals surface area contributed by atoms with Crippen LogP contribution in [0, 0.1) is 18.8 Å². The second-order valence-electron chi connectivity index (χ2n) is 6.02. The summed E-state index contributed by atoms with van der Waals surface area (Å²) in [5.41, 5.74) is 3.91. The molecule has 1 rings (SSSR count). The van der Waals surface area contributed by atoms with Gasteiger partial charge in [-0.05, 0) is 30.9 Å². The van der Waals surface area contributed by atoms with Gasteiger partial charge in [-0.25, -0.2) is 10.8 Å². The van der Waals surface area contributed by atoms with Crippen LogP contribution in [0.3, 0.4) is 0 Å². The molecule has 112 valence electrons. The molecule has 5 nitrogen and oxygen atoms in total. The molecule has 0 aliphatic rings. The van der Waals surface area contributed by atoms with Crippen molar-refractivity contribution in [2.24, 2.45) is 17.7 Å². The van der Waals surface area contributed by atoms with Gasteiger partial charge in [-0.2, -0.15) is 0 Å². The molecule has 0 aliphatic carbocycles. The lowest BCUT2D eigenvalue weighted by Gasteiger charge is -2.26. The number of nitrogens with one attached hydrogen (secondary N) is 1. The summed E-state index contributed by atoms with van der Waals surface area (Å²) >= 11 is 0. The molecule has 1 aromatic heterocycles.